The Hall–Kier alpha value is -4.75. The van der Waals surface area contributed by atoms with Crippen LogP contribution in [0.2, 0.25) is 0 Å². The molecule has 44 heavy (non-hydrogen) atoms. The van der Waals surface area contributed by atoms with E-state index in [2.05, 4.69) is 24.9 Å². The molecule has 3 heterocycles. The number of para-hydroxylation sites is 1. The quantitative estimate of drug-likeness (QED) is 0.171. The van der Waals surface area contributed by atoms with Crippen LogP contribution in [0.4, 0.5) is 5.95 Å². The summed E-state index contributed by atoms with van der Waals surface area (Å²) in [6, 6.07) is 18.4. The van der Waals surface area contributed by atoms with E-state index in [9.17, 15) is 8.42 Å². The van der Waals surface area contributed by atoms with Gasteiger partial charge < -0.3 is 18.6 Å². The highest BCUT2D eigenvalue weighted by Crippen LogP contribution is 2.38. The third-order valence-corrected chi connectivity index (χ3v) is 8.61. The van der Waals surface area contributed by atoms with Gasteiger partial charge in [0, 0.05) is 25.4 Å². The third-order valence-electron chi connectivity index (χ3n) is 6.86. The van der Waals surface area contributed by atoms with Gasteiger partial charge in [0.05, 0.1) is 26.1 Å². The molecule has 1 N–H and O–H groups in total. The van der Waals surface area contributed by atoms with Crippen molar-refractivity contribution in [3.8, 4) is 28.8 Å². The van der Waals surface area contributed by atoms with Crippen molar-refractivity contribution < 1.29 is 27.0 Å². The Morgan fingerprint density at radius 3 is 2.25 bits per heavy atom. The van der Waals surface area contributed by atoms with Gasteiger partial charge >= 0.3 is 0 Å². The number of sulfonamides is 1. The van der Waals surface area contributed by atoms with E-state index < -0.39 is 15.3 Å². The number of rotatable bonds is 14. The summed E-state index contributed by atoms with van der Waals surface area (Å²) in [5.74, 6) is 2.43. The van der Waals surface area contributed by atoms with Gasteiger partial charge in [0.2, 0.25) is 21.8 Å². The van der Waals surface area contributed by atoms with Crippen LogP contribution in [0.5, 0.6) is 11.5 Å². The molecule has 3 aromatic heterocycles. The zero-order valence-electron chi connectivity index (χ0n) is 24.9. The average Bonchev–Trinajstić information content (AvgIpc) is 3.64. The molecule has 0 fully saturated rings. The molecule has 0 aliphatic carbocycles. The predicted molar refractivity (Wildman–Crippen MR) is 164 cm³/mol. The van der Waals surface area contributed by atoms with E-state index in [0.29, 0.717) is 41.1 Å². The van der Waals surface area contributed by atoms with Crippen molar-refractivity contribution in [3.63, 3.8) is 0 Å². The Balaban J connectivity index is 1.50. The molecular formula is C31H34N6O6S. The molecule has 0 aliphatic rings. The molecule has 12 nitrogen and oxygen atoms in total. The molecule has 0 saturated heterocycles. The van der Waals surface area contributed by atoms with E-state index in [1.165, 1.54) is 18.8 Å². The van der Waals surface area contributed by atoms with Gasteiger partial charge in [-0.05, 0) is 55.7 Å². The van der Waals surface area contributed by atoms with Crippen LogP contribution >= 0.6 is 0 Å². The van der Waals surface area contributed by atoms with Crippen LogP contribution < -0.4 is 14.2 Å². The Kier molecular flexibility index (Phi) is 9.56. The maximum Gasteiger partial charge on any atom is 0.243 e. The number of anilines is 1. The molecule has 0 unspecified atom stereocenters. The fourth-order valence-corrected chi connectivity index (χ4v) is 5.94. The molecule has 0 aliphatic heterocycles. The van der Waals surface area contributed by atoms with Gasteiger partial charge in [0.15, 0.2) is 5.76 Å². The molecule has 13 heteroatoms. The third kappa shape index (κ3) is 7.06. The smallest absolute Gasteiger partial charge is 0.243 e. The summed E-state index contributed by atoms with van der Waals surface area (Å²) in [5.41, 5.74) is 2.26. The van der Waals surface area contributed by atoms with Crippen LogP contribution in [0.1, 0.15) is 29.1 Å². The number of aryl methyl sites for hydroxylation is 2. The Labute approximate surface area is 256 Å². The van der Waals surface area contributed by atoms with Crippen LogP contribution in [0, 0.1) is 13.8 Å². The molecule has 5 aromatic rings. The summed E-state index contributed by atoms with van der Waals surface area (Å²) < 4.78 is 55.3. The van der Waals surface area contributed by atoms with Crippen molar-refractivity contribution in [3.05, 3.63) is 95.8 Å². The number of methoxy groups -OCH3 is 2. The molecule has 230 valence electrons. The molecule has 1 atom stereocenters. The zero-order valence-corrected chi connectivity index (χ0v) is 25.7. The first-order chi connectivity index (χ1) is 21.3. The minimum atomic E-state index is -4.11. The highest BCUT2D eigenvalue weighted by molar-refractivity contribution is 7.93. The van der Waals surface area contributed by atoms with E-state index >= 15 is 0 Å². The van der Waals surface area contributed by atoms with E-state index in [0.717, 1.165) is 11.1 Å². The monoisotopic (exact) mass is 618 g/mol. The minimum Gasteiger partial charge on any atom is -0.494 e. The van der Waals surface area contributed by atoms with Gasteiger partial charge in [0.25, 0.3) is 0 Å². The lowest BCUT2D eigenvalue weighted by Gasteiger charge is -2.20. The van der Waals surface area contributed by atoms with E-state index in [1.807, 2.05) is 37.3 Å². The number of ether oxygens (including phenoxy) is 3. The molecule has 0 amide bonds. The minimum absolute atomic E-state index is 0.0562. The fourth-order valence-electron chi connectivity index (χ4n) is 4.61. The molecule has 0 bridgehead atoms. The number of aromatic nitrogens is 5. The maximum absolute atomic E-state index is 14.1. The van der Waals surface area contributed by atoms with Gasteiger partial charge in [0.1, 0.15) is 28.8 Å². The highest BCUT2D eigenvalue weighted by Gasteiger charge is 2.31. The van der Waals surface area contributed by atoms with Crippen LogP contribution in [-0.2, 0) is 27.8 Å². The maximum atomic E-state index is 14.1. The lowest BCUT2D eigenvalue weighted by Crippen LogP contribution is -2.32. The highest BCUT2D eigenvalue weighted by atomic mass is 32.2. The largest absolute Gasteiger partial charge is 0.494 e. The molecule has 5 rings (SSSR count). The molecular weight excluding hydrogens is 584 g/mol. The Bertz CT molecular complexity index is 1770. The lowest BCUT2D eigenvalue weighted by atomic mass is 10.2. The van der Waals surface area contributed by atoms with Crippen LogP contribution in [0.25, 0.3) is 17.3 Å². The molecule has 0 radical (unpaired) electrons. The van der Waals surface area contributed by atoms with Gasteiger partial charge in [-0.1, -0.05) is 36.4 Å². The number of hydrogen-bond acceptors (Lipinski definition) is 10. The van der Waals surface area contributed by atoms with Crippen LogP contribution in [0.15, 0.2) is 77.5 Å². The van der Waals surface area contributed by atoms with Crippen molar-refractivity contribution in [1.29, 1.82) is 0 Å². The summed E-state index contributed by atoms with van der Waals surface area (Å²) in [4.78, 5) is 8.70. The van der Waals surface area contributed by atoms with Crippen molar-refractivity contribution in [2.75, 3.05) is 25.5 Å². The molecule has 0 spiro atoms. The summed E-state index contributed by atoms with van der Waals surface area (Å²) >= 11 is 0. The second kappa shape index (κ2) is 13.7. The summed E-state index contributed by atoms with van der Waals surface area (Å²) in [6.45, 7) is 4.22. The number of nitrogens with zero attached hydrogens (tertiary/aromatic N) is 5. The van der Waals surface area contributed by atoms with Crippen LogP contribution in [-0.4, -0.2) is 59.2 Å². The first-order valence-electron chi connectivity index (χ1n) is 13.9. The molecule has 2 aromatic carbocycles. The van der Waals surface area contributed by atoms with Crippen LogP contribution in [0.3, 0.4) is 0 Å². The fraction of sp³-hybridized carbons (Fsp3) is 0.290. The first kappa shape index (κ1) is 30.7. The SMILES string of the molecule is COc1cccc(OC)c1-n1c(NS(=O)(=O)[C@@H](CCOCc2ccccc2)Cc2ncc(C)cn2)nnc1-c1ccc(C)o1. The van der Waals surface area contributed by atoms with Crippen molar-refractivity contribution in [2.45, 2.75) is 38.5 Å². The zero-order chi connectivity index (χ0) is 31.1. The van der Waals surface area contributed by atoms with E-state index in [1.54, 1.807) is 49.6 Å². The normalized spacial score (nSPS) is 12.2. The first-order valence-corrected chi connectivity index (χ1v) is 15.5. The van der Waals surface area contributed by atoms with Crippen molar-refractivity contribution >= 4 is 16.0 Å². The number of furan rings is 1. The Morgan fingerprint density at radius 2 is 1.61 bits per heavy atom. The van der Waals surface area contributed by atoms with Gasteiger partial charge in [-0.3, -0.25) is 9.29 Å². The second-order valence-electron chi connectivity index (χ2n) is 10.1. The van der Waals surface area contributed by atoms with Gasteiger partial charge in [-0.25, -0.2) is 18.4 Å². The lowest BCUT2D eigenvalue weighted by molar-refractivity contribution is 0.117. The Morgan fingerprint density at radius 1 is 0.909 bits per heavy atom. The molecule has 0 saturated carbocycles. The summed E-state index contributed by atoms with van der Waals surface area (Å²) in [7, 11) is -1.09. The average molecular weight is 619 g/mol. The summed E-state index contributed by atoms with van der Waals surface area (Å²) in [6.07, 6.45) is 3.55. The standard InChI is InChI=1S/C31H34N6O6S/c1-21-18-32-28(33-19-21)17-24(15-16-42-20-23-9-6-5-7-10-23)44(38,39)36-31-35-34-30(27-14-13-22(2)43-27)37(31)29-25(40-3)11-8-12-26(29)41-4/h5-14,18-19,24H,15-17,20H2,1-4H3,(H,35,36)/t24-/m0/s1. The number of hydrogen-bond donors (Lipinski definition) is 1. The van der Waals surface area contributed by atoms with Crippen molar-refractivity contribution in [2.24, 2.45) is 0 Å². The van der Waals surface area contributed by atoms with Gasteiger partial charge in [-0.15, -0.1) is 10.2 Å². The van der Waals surface area contributed by atoms with Gasteiger partial charge in [-0.2, -0.15) is 0 Å². The van der Waals surface area contributed by atoms with E-state index in [4.69, 9.17) is 18.6 Å². The van der Waals surface area contributed by atoms with Crippen molar-refractivity contribution in [1.82, 2.24) is 24.7 Å². The van der Waals surface area contributed by atoms with E-state index in [-0.39, 0.29) is 31.2 Å². The summed E-state index contributed by atoms with van der Waals surface area (Å²) in [5, 5.41) is 7.59. The second-order valence-corrected chi connectivity index (χ2v) is 12.0. The number of nitrogens with one attached hydrogen (secondary N) is 1. The number of benzene rings is 2. The predicted octanol–water partition coefficient (Wildman–Crippen LogP) is 4.91. The topological polar surface area (TPSA) is 143 Å².